The van der Waals surface area contributed by atoms with Crippen LogP contribution in [0.5, 0.6) is 0 Å². The summed E-state index contributed by atoms with van der Waals surface area (Å²) in [5, 5.41) is 11.9. The number of halogens is 1. The number of amides is 2. The molecule has 2 heterocycles. The predicted octanol–water partition coefficient (Wildman–Crippen LogP) is 3.29. The summed E-state index contributed by atoms with van der Waals surface area (Å²) >= 11 is 1.28. The molecule has 166 valence electrons. The number of hydrogen-bond acceptors (Lipinski definition) is 5. The highest BCUT2D eigenvalue weighted by Gasteiger charge is 2.24. The molecular weight excluding hydrogens is 429 g/mol. The van der Waals surface area contributed by atoms with Gasteiger partial charge in [-0.3, -0.25) is 14.2 Å². The fourth-order valence-electron chi connectivity index (χ4n) is 3.77. The topological polar surface area (TPSA) is 80.1 Å². The molecule has 0 bridgehead atoms. The fourth-order valence-corrected chi connectivity index (χ4v) is 4.62. The van der Waals surface area contributed by atoms with Gasteiger partial charge in [0.05, 0.1) is 11.3 Å². The molecule has 3 aromatic rings. The van der Waals surface area contributed by atoms with Crippen molar-refractivity contribution in [3.8, 4) is 17.1 Å². The van der Waals surface area contributed by atoms with Crippen molar-refractivity contribution in [2.45, 2.75) is 31.0 Å². The molecule has 1 aromatic heterocycles. The van der Waals surface area contributed by atoms with Gasteiger partial charge >= 0.3 is 0 Å². The molecule has 1 saturated heterocycles. The normalized spacial score (nSPS) is 14.4. The largest absolute Gasteiger partial charge is 0.353 e. The van der Waals surface area contributed by atoms with Crippen LogP contribution in [0.4, 0.5) is 4.39 Å². The van der Waals surface area contributed by atoms with Crippen LogP contribution in [-0.2, 0) is 9.59 Å². The standard InChI is InChI=1S/C23H24FN5O2S/c1-16(30)25-17-11-13-28(14-12-17)21(31)15-32-23-27-26-22(19-9-5-6-10-20(19)24)29(23)18-7-3-2-4-8-18/h2-10,17H,11-15H2,1H3,(H,25,30). The lowest BCUT2D eigenvalue weighted by atomic mass is 10.1. The van der Waals surface area contributed by atoms with E-state index >= 15 is 0 Å². The number of likely N-dealkylation sites (tertiary alicyclic amines) is 1. The van der Waals surface area contributed by atoms with Gasteiger partial charge in [-0.2, -0.15) is 0 Å². The van der Waals surface area contributed by atoms with Crippen molar-refractivity contribution in [3.05, 3.63) is 60.4 Å². The number of aromatic nitrogens is 3. The maximum atomic E-state index is 14.5. The van der Waals surface area contributed by atoms with Gasteiger partial charge in [0.25, 0.3) is 0 Å². The number of piperidine rings is 1. The molecule has 32 heavy (non-hydrogen) atoms. The molecule has 4 rings (SSSR count). The number of carbonyl (C=O) groups excluding carboxylic acids is 2. The first-order valence-corrected chi connectivity index (χ1v) is 11.4. The van der Waals surface area contributed by atoms with Crippen molar-refractivity contribution in [1.82, 2.24) is 25.0 Å². The highest BCUT2D eigenvalue weighted by Crippen LogP contribution is 2.29. The molecule has 2 amide bonds. The van der Waals surface area contributed by atoms with Crippen molar-refractivity contribution in [2.75, 3.05) is 18.8 Å². The number of nitrogens with one attached hydrogen (secondary N) is 1. The first-order valence-electron chi connectivity index (χ1n) is 10.5. The Morgan fingerprint density at radius 1 is 1.06 bits per heavy atom. The predicted molar refractivity (Wildman–Crippen MR) is 121 cm³/mol. The lowest BCUT2D eigenvalue weighted by Gasteiger charge is -2.32. The van der Waals surface area contributed by atoms with E-state index in [9.17, 15) is 14.0 Å². The molecule has 0 unspecified atom stereocenters. The number of thioether (sulfide) groups is 1. The third-order valence-electron chi connectivity index (χ3n) is 5.34. The molecule has 0 radical (unpaired) electrons. The molecule has 1 aliphatic rings. The summed E-state index contributed by atoms with van der Waals surface area (Å²) in [6.07, 6.45) is 1.49. The summed E-state index contributed by atoms with van der Waals surface area (Å²) in [6.45, 7) is 2.72. The lowest BCUT2D eigenvalue weighted by molar-refractivity contribution is -0.129. The molecule has 1 fully saturated rings. The number of carbonyl (C=O) groups is 2. The maximum absolute atomic E-state index is 14.5. The highest BCUT2D eigenvalue weighted by atomic mass is 32.2. The van der Waals surface area contributed by atoms with E-state index in [-0.39, 0.29) is 29.4 Å². The summed E-state index contributed by atoms with van der Waals surface area (Å²) in [5.41, 5.74) is 1.14. The van der Waals surface area contributed by atoms with Crippen molar-refractivity contribution >= 4 is 23.6 Å². The van der Waals surface area contributed by atoms with Crippen LogP contribution in [0.25, 0.3) is 17.1 Å². The van der Waals surface area contributed by atoms with Crippen molar-refractivity contribution in [3.63, 3.8) is 0 Å². The quantitative estimate of drug-likeness (QED) is 0.580. The summed E-state index contributed by atoms with van der Waals surface area (Å²) in [7, 11) is 0. The second-order valence-electron chi connectivity index (χ2n) is 7.60. The molecule has 0 atom stereocenters. The number of hydrogen-bond donors (Lipinski definition) is 1. The monoisotopic (exact) mass is 453 g/mol. The van der Waals surface area contributed by atoms with E-state index in [0.717, 1.165) is 18.5 Å². The fraction of sp³-hybridized carbons (Fsp3) is 0.304. The zero-order chi connectivity index (χ0) is 22.5. The molecule has 1 aliphatic heterocycles. The Hall–Kier alpha value is -3.20. The van der Waals surface area contributed by atoms with Crippen LogP contribution in [0.2, 0.25) is 0 Å². The molecule has 2 aromatic carbocycles. The van der Waals surface area contributed by atoms with Gasteiger partial charge in [-0.05, 0) is 37.1 Å². The Morgan fingerprint density at radius 3 is 2.44 bits per heavy atom. The Labute approximate surface area is 190 Å². The minimum Gasteiger partial charge on any atom is -0.353 e. The number of para-hydroxylation sites is 1. The van der Waals surface area contributed by atoms with Gasteiger partial charge in [0.15, 0.2) is 11.0 Å². The van der Waals surface area contributed by atoms with Crippen molar-refractivity contribution < 1.29 is 14.0 Å². The lowest BCUT2D eigenvalue weighted by Crippen LogP contribution is -2.46. The molecule has 7 nitrogen and oxygen atoms in total. The van der Waals surface area contributed by atoms with Gasteiger partial charge in [-0.1, -0.05) is 42.1 Å². The van der Waals surface area contributed by atoms with Crippen LogP contribution < -0.4 is 5.32 Å². The van der Waals surface area contributed by atoms with E-state index in [0.29, 0.717) is 29.6 Å². The zero-order valence-corrected chi connectivity index (χ0v) is 18.5. The molecule has 9 heteroatoms. The van der Waals surface area contributed by atoms with Crippen LogP contribution in [-0.4, -0.2) is 56.4 Å². The van der Waals surface area contributed by atoms with Gasteiger partial charge in [-0.15, -0.1) is 10.2 Å². The smallest absolute Gasteiger partial charge is 0.233 e. The zero-order valence-electron chi connectivity index (χ0n) is 17.7. The van der Waals surface area contributed by atoms with Crippen LogP contribution in [0.15, 0.2) is 59.8 Å². The summed E-state index contributed by atoms with van der Waals surface area (Å²) < 4.78 is 16.3. The number of benzene rings is 2. The van der Waals surface area contributed by atoms with Gasteiger partial charge < -0.3 is 10.2 Å². The van der Waals surface area contributed by atoms with E-state index in [1.165, 1.54) is 24.8 Å². The third-order valence-corrected chi connectivity index (χ3v) is 6.26. The molecule has 1 N–H and O–H groups in total. The van der Waals surface area contributed by atoms with Crippen molar-refractivity contribution in [1.29, 1.82) is 0 Å². The Kier molecular flexibility index (Phi) is 6.84. The van der Waals surface area contributed by atoms with Crippen LogP contribution >= 0.6 is 11.8 Å². The Morgan fingerprint density at radius 2 is 1.75 bits per heavy atom. The highest BCUT2D eigenvalue weighted by molar-refractivity contribution is 7.99. The molecule has 0 spiro atoms. The first kappa shape index (κ1) is 22.0. The Bertz CT molecular complexity index is 1100. The van der Waals surface area contributed by atoms with Gasteiger partial charge in [0, 0.05) is 31.7 Å². The second-order valence-corrected chi connectivity index (χ2v) is 8.54. The molecule has 0 saturated carbocycles. The van der Waals surface area contributed by atoms with E-state index in [4.69, 9.17) is 0 Å². The van der Waals surface area contributed by atoms with Crippen molar-refractivity contribution in [2.24, 2.45) is 0 Å². The number of nitrogens with zero attached hydrogens (tertiary/aromatic N) is 4. The molecule has 0 aliphatic carbocycles. The maximum Gasteiger partial charge on any atom is 0.233 e. The van der Waals surface area contributed by atoms with E-state index in [1.54, 1.807) is 22.8 Å². The average molecular weight is 454 g/mol. The summed E-state index contributed by atoms with van der Waals surface area (Å²) in [5.74, 6) is 0.169. The second kappa shape index (κ2) is 9.95. The SMILES string of the molecule is CC(=O)NC1CCN(C(=O)CSc2nnc(-c3ccccc3F)n2-c2ccccc2)CC1. The first-order chi connectivity index (χ1) is 15.5. The summed E-state index contributed by atoms with van der Waals surface area (Å²) in [6, 6.07) is 16.0. The average Bonchev–Trinajstić information content (AvgIpc) is 3.22. The minimum atomic E-state index is -0.383. The van der Waals surface area contributed by atoms with Gasteiger partial charge in [0.1, 0.15) is 5.82 Å². The van der Waals surface area contributed by atoms with E-state index in [1.807, 2.05) is 35.2 Å². The van der Waals surface area contributed by atoms with Crippen LogP contribution in [0.3, 0.4) is 0 Å². The van der Waals surface area contributed by atoms with Gasteiger partial charge in [0.2, 0.25) is 11.8 Å². The summed E-state index contributed by atoms with van der Waals surface area (Å²) in [4.78, 5) is 25.8. The Balaban J connectivity index is 1.50. The molecular formula is C23H24FN5O2S. The van der Waals surface area contributed by atoms with Crippen LogP contribution in [0, 0.1) is 5.82 Å². The van der Waals surface area contributed by atoms with Crippen LogP contribution in [0.1, 0.15) is 19.8 Å². The third kappa shape index (κ3) is 4.99. The van der Waals surface area contributed by atoms with E-state index < -0.39 is 0 Å². The van der Waals surface area contributed by atoms with Gasteiger partial charge in [-0.25, -0.2) is 4.39 Å². The number of rotatable bonds is 6. The minimum absolute atomic E-state index is 0.00586. The van der Waals surface area contributed by atoms with E-state index in [2.05, 4.69) is 15.5 Å².